The number of rotatable bonds is 4. The third kappa shape index (κ3) is 3.34. The molecule has 0 saturated heterocycles. The van der Waals surface area contributed by atoms with Gasteiger partial charge in [0.2, 0.25) is 5.91 Å². The summed E-state index contributed by atoms with van der Waals surface area (Å²) < 4.78 is 1.86. The Hall–Kier alpha value is -2.30. The van der Waals surface area contributed by atoms with Crippen molar-refractivity contribution in [1.82, 2.24) is 9.55 Å². The number of amides is 1. The second kappa shape index (κ2) is 5.16. The third-order valence-electron chi connectivity index (χ3n) is 2.35. The van der Waals surface area contributed by atoms with Gasteiger partial charge in [0.1, 0.15) is 0 Å². The lowest BCUT2D eigenvalue weighted by Crippen LogP contribution is -2.13. The molecule has 5 heteroatoms. The molecule has 0 unspecified atom stereocenters. The van der Waals surface area contributed by atoms with Crippen LogP contribution in [0.3, 0.4) is 0 Å². The van der Waals surface area contributed by atoms with Crippen molar-refractivity contribution in [2.24, 2.45) is 0 Å². The first kappa shape index (κ1) is 11.2. The molecule has 3 N–H and O–H groups in total. The van der Waals surface area contributed by atoms with Crippen LogP contribution in [0.5, 0.6) is 0 Å². The number of aryl methyl sites for hydroxylation is 1. The number of benzene rings is 1. The molecular weight excluding hydrogens is 216 g/mol. The standard InChI is InChI=1S/C12H14N4O/c13-10-1-3-11(4-2-10)15-12(17)5-7-16-8-6-14-9-16/h1-4,6,8-9H,5,7,13H2,(H,15,17). The van der Waals surface area contributed by atoms with Gasteiger partial charge >= 0.3 is 0 Å². The summed E-state index contributed by atoms with van der Waals surface area (Å²) in [5, 5.41) is 2.80. The minimum absolute atomic E-state index is 0.0246. The number of nitrogens with one attached hydrogen (secondary N) is 1. The molecule has 0 atom stereocenters. The number of nitrogens with two attached hydrogens (primary N) is 1. The van der Waals surface area contributed by atoms with E-state index in [0.717, 1.165) is 5.69 Å². The Morgan fingerprint density at radius 2 is 2.12 bits per heavy atom. The van der Waals surface area contributed by atoms with Gasteiger partial charge in [-0.25, -0.2) is 4.98 Å². The van der Waals surface area contributed by atoms with Crippen molar-refractivity contribution in [3.63, 3.8) is 0 Å². The van der Waals surface area contributed by atoms with E-state index >= 15 is 0 Å². The van der Waals surface area contributed by atoms with Gasteiger partial charge in [-0.3, -0.25) is 4.79 Å². The Kier molecular flexibility index (Phi) is 3.40. The molecule has 17 heavy (non-hydrogen) atoms. The lowest BCUT2D eigenvalue weighted by Gasteiger charge is -2.05. The normalized spacial score (nSPS) is 10.1. The Morgan fingerprint density at radius 1 is 1.35 bits per heavy atom. The molecule has 0 saturated carbocycles. The fourth-order valence-corrected chi connectivity index (χ4v) is 1.44. The molecule has 0 aliphatic heterocycles. The molecule has 2 aromatic rings. The maximum Gasteiger partial charge on any atom is 0.226 e. The van der Waals surface area contributed by atoms with Crippen molar-refractivity contribution in [3.05, 3.63) is 43.0 Å². The first-order chi connectivity index (χ1) is 8.24. The summed E-state index contributed by atoms with van der Waals surface area (Å²) in [7, 11) is 0. The molecular formula is C12H14N4O. The summed E-state index contributed by atoms with van der Waals surface area (Å²) in [6.07, 6.45) is 5.63. The number of nitrogen functional groups attached to an aromatic ring is 1. The Labute approximate surface area is 99.3 Å². The van der Waals surface area contributed by atoms with Gasteiger partial charge in [-0.2, -0.15) is 0 Å². The molecule has 0 aliphatic rings. The number of hydrogen-bond acceptors (Lipinski definition) is 3. The average molecular weight is 230 g/mol. The zero-order valence-corrected chi connectivity index (χ0v) is 9.34. The second-order valence-electron chi connectivity index (χ2n) is 3.72. The lowest BCUT2D eigenvalue weighted by molar-refractivity contribution is -0.116. The van der Waals surface area contributed by atoms with Crippen molar-refractivity contribution >= 4 is 17.3 Å². The number of aromatic nitrogens is 2. The van der Waals surface area contributed by atoms with Gasteiger partial charge in [0.15, 0.2) is 0 Å². The highest BCUT2D eigenvalue weighted by Crippen LogP contribution is 2.10. The highest BCUT2D eigenvalue weighted by molar-refractivity contribution is 5.90. The summed E-state index contributed by atoms with van der Waals surface area (Å²) in [4.78, 5) is 15.5. The zero-order chi connectivity index (χ0) is 12.1. The van der Waals surface area contributed by atoms with Gasteiger partial charge < -0.3 is 15.6 Å². The van der Waals surface area contributed by atoms with E-state index in [4.69, 9.17) is 5.73 Å². The molecule has 5 nitrogen and oxygen atoms in total. The van der Waals surface area contributed by atoms with Gasteiger partial charge in [0.25, 0.3) is 0 Å². The van der Waals surface area contributed by atoms with Crippen LogP contribution in [0.1, 0.15) is 6.42 Å². The third-order valence-corrected chi connectivity index (χ3v) is 2.35. The van der Waals surface area contributed by atoms with Crippen LogP contribution in [0.15, 0.2) is 43.0 Å². The summed E-state index contributed by atoms with van der Waals surface area (Å²) in [6.45, 7) is 0.626. The van der Waals surface area contributed by atoms with Gasteiger partial charge in [0.05, 0.1) is 6.33 Å². The van der Waals surface area contributed by atoms with E-state index in [1.807, 2.05) is 10.8 Å². The van der Waals surface area contributed by atoms with Crippen molar-refractivity contribution < 1.29 is 4.79 Å². The number of hydrogen-bond donors (Lipinski definition) is 2. The van der Waals surface area contributed by atoms with Gasteiger partial charge in [-0.05, 0) is 24.3 Å². The van der Waals surface area contributed by atoms with Crippen molar-refractivity contribution in [1.29, 1.82) is 0 Å². The van der Waals surface area contributed by atoms with Crippen LogP contribution in [0.2, 0.25) is 0 Å². The summed E-state index contributed by atoms with van der Waals surface area (Å²) in [5.41, 5.74) is 7.00. The summed E-state index contributed by atoms with van der Waals surface area (Å²) in [6, 6.07) is 7.08. The van der Waals surface area contributed by atoms with Crippen LogP contribution in [0.25, 0.3) is 0 Å². The van der Waals surface area contributed by atoms with Gasteiger partial charge in [-0.15, -0.1) is 0 Å². The average Bonchev–Trinajstić information content (AvgIpc) is 2.83. The zero-order valence-electron chi connectivity index (χ0n) is 9.34. The van der Waals surface area contributed by atoms with E-state index in [1.54, 1.807) is 36.8 Å². The largest absolute Gasteiger partial charge is 0.399 e. The molecule has 0 bridgehead atoms. The molecule has 0 radical (unpaired) electrons. The highest BCUT2D eigenvalue weighted by atomic mass is 16.1. The molecule has 0 spiro atoms. The van der Waals surface area contributed by atoms with Crippen molar-refractivity contribution in [2.45, 2.75) is 13.0 Å². The maximum atomic E-state index is 11.6. The fourth-order valence-electron chi connectivity index (χ4n) is 1.44. The summed E-state index contributed by atoms with van der Waals surface area (Å²) in [5.74, 6) is -0.0246. The monoisotopic (exact) mass is 230 g/mol. The second-order valence-corrected chi connectivity index (χ2v) is 3.72. The quantitative estimate of drug-likeness (QED) is 0.782. The number of anilines is 2. The highest BCUT2D eigenvalue weighted by Gasteiger charge is 2.02. The molecule has 0 aliphatic carbocycles. The van der Waals surface area contributed by atoms with E-state index < -0.39 is 0 Å². The molecule has 1 aromatic carbocycles. The van der Waals surface area contributed by atoms with Crippen molar-refractivity contribution in [2.75, 3.05) is 11.1 Å². The van der Waals surface area contributed by atoms with Crippen LogP contribution in [0, 0.1) is 0 Å². The van der Waals surface area contributed by atoms with Crippen molar-refractivity contribution in [3.8, 4) is 0 Å². The Balaban J connectivity index is 1.83. The SMILES string of the molecule is Nc1ccc(NC(=O)CCn2ccnc2)cc1. The van der Waals surface area contributed by atoms with E-state index in [1.165, 1.54) is 0 Å². The van der Waals surface area contributed by atoms with E-state index in [9.17, 15) is 4.79 Å². The van der Waals surface area contributed by atoms with E-state index in [0.29, 0.717) is 18.7 Å². The van der Waals surface area contributed by atoms with Crippen LogP contribution in [-0.4, -0.2) is 15.5 Å². The number of nitrogens with zero attached hydrogens (tertiary/aromatic N) is 2. The molecule has 2 rings (SSSR count). The first-order valence-corrected chi connectivity index (χ1v) is 5.35. The smallest absolute Gasteiger partial charge is 0.226 e. The van der Waals surface area contributed by atoms with Gasteiger partial charge in [-0.1, -0.05) is 0 Å². The number of carbonyl (C=O) groups is 1. The minimum atomic E-state index is -0.0246. The topological polar surface area (TPSA) is 72.9 Å². The number of carbonyl (C=O) groups excluding carboxylic acids is 1. The predicted molar refractivity (Wildman–Crippen MR) is 66.3 cm³/mol. The van der Waals surface area contributed by atoms with Crippen LogP contribution >= 0.6 is 0 Å². The van der Waals surface area contributed by atoms with Crippen LogP contribution < -0.4 is 11.1 Å². The van der Waals surface area contributed by atoms with Crippen LogP contribution in [-0.2, 0) is 11.3 Å². The van der Waals surface area contributed by atoms with Gasteiger partial charge in [0, 0.05) is 36.7 Å². The molecule has 1 heterocycles. The minimum Gasteiger partial charge on any atom is -0.399 e. The molecule has 1 aromatic heterocycles. The molecule has 0 fully saturated rings. The summed E-state index contributed by atoms with van der Waals surface area (Å²) >= 11 is 0. The number of imidazole rings is 1. The first-order valence-electron chi connectivity index (χ1n) is 5.35. The van der Waals surface area contributed by atoms with Crippen LogP contribution in [0.4, 0.5) is 11.4 Å². The maximum absolute atomic E-state index is 11.6. The van der Waals surface area contributed by atoms with E-state index in [-0.39, 0.29) is 5.91 Å². The lowest BCUT2D eigenvalue weighted by atomic mass is 10.3. The van der Waals surface area contributed by atoms with E-state index in [2.05, 4.69) is 10.3 Å². The Morgan fingerprint density at radius 3 is 2.76 bits per heavy atom. The Bertz CT molecular complexity index is 476. The predicted octanol–water partition coefficient (Wildman–Crippen LogP) is 1.49. The molecule has 1 amide bonds. The molecule has 88 valence electrons. The fraction of sp³-hybridized carbons (Fsp3) is 0.167.